The van der Waals surface area contributed by atoms with Crippen LogP contribution in [0.3, 0.4) is 0 Å². The first-order chi connectivity index (χ1) is 8.19. The van der Waals surface area contributed by atoms with Crippen LogP contribution in [-0.2, 0) is 6.42 Å². The molecular formula is C12H17ClFNO2. The predicted octanol–water partition coefficient (Wildman–Crippen LogP) is 1.31. The lowest BCUT2D eigenvalue weighted by Crippen LogP contribution is -2.32. The maximum absolute atomic E-state index is 13.5. The average Bonchev–Trinajstić information content (AvgIpc) is 2.29. The second kappa shape index (κ2) is 7.61. The van der Waals surface area contributed by atoms with E-state index in [0.29, 0.717) is 36.6 Å². The molecule has 3 nitrogen and oxygen atoms in total. The van der Waals surface area contributed by atoms with Crippen LogP contribution in [0, 0.1) is 5.82 Å². The summed E-state index contributed by atoms with van der Waals surface area (Å²) in [6, 6.07) is 4.60. The number of aliphatic hydroxyl groups excluding tert-OH is 2. The molecule has 0 aliphatic heterocycles. The molecule has 0 aliphatic rings. The van der Waals surface area contributed by atoms with E-state index in [0.717, 1.165) is 0 Å². The van der Waals surface area contributed by atoms with Gasteiger partial charge in [0.15, 0.2) is 0 Å². The van der Waals surface area contributed by atoms with Crippen LogP contribution in [0.1, 0.15) is 5.56 Å². The van der Waals surface area contributed by atoms with E-state index in [2.05, 4.69) is 0 Å². The Balaban J connectivity index is 2.58. The third-order valence-corrected chi connectivity index (χ3v) is 2.93. The van der Waals surface area contributed by atoms with Crippen LogP contribution in [0.2, 0.25) is 5.02 Å². The molecule has 0 unspecified atom stereocenters. The lowest BCUT2D eigenvalue weighted by atomic mass is 10.1. The van der Waals surface area contributed by atoms with Gasteiger partial charge in [0.2, 0.25) is 0 Å². The molecule has 0 saturated carbocycles. The Kier molecular flexibility index (Phi) is 6.44. The van der Waals surface area contributed by atoms with E-state index in [9.17, 15) is 4.39 Å². The van der Waals surface area contributed by atoms with Gasteiger partial charge in [-0.05, 0) is 18.6 Å². The number of hydrogen-bond donors (Lipinski definition) is 2. The molecule has 0 heterocycles. The van der Waals surface area contributed by atoms with E-state index in [1.165, 1.54) is 6.07 Å². The van der Waals surface area contributed by atoms with Gasteiger partial charge in [-0.1, -0.05) is 17.7 Å². The van der Waals surface area contributed by atoms with Crippen molar-refractivity contribution in [2.75, 3.05) is 32.8 Å². The summed E-state index contributed by atoms with van der Waals surface area (Å²) in [5.41, 5.74) is 0.482. The summed E-state index contributed by atoms with van der Waals surface area (Å²) in [6.45, 7) is 1.52. The van der Waals surface area contributed by atoms with Crippen LogP contribution in [0.5, 0.6) is 0 Å². The summed E-state index contributed by atoms with van der Waals surface area (Å²) in [7, 11) is 0. The van der Waals surface area contributed by atoms with Gasteiger partial charge in [0, 0.05) is 30.2 Å². The van der Waals surface area contributed by atoms with Gasteiger partial charge >= 0.3 is 0 Å². The van der Waals surface area contributed by atoms with E-state index < -0.39 is 0 Å². The normalized spacial score (nSPS) is 11.1. The van der Waals surface area contributed by atoms with Crippen molar-refractivity contribution >= 4 is 11.6 Å². The fraction of sp³-hybridized carbons (Fsp3) is 0.500. The number of nitrogens with zero attached hydrogens (tertiary/aromatic N) is 1. The SMILES string of the molecule is OCCN(CCO)CCc1c(F)cccc1Cl. The zero-order valence-corrected chi connectivity index (χ0v) is 10.3. The van der Waals surface area contributed by atoms with Gasteiger partial charge in [-0.2, -0.15) is 0 Å². The van der Waals surface area contributed by atoms with Gasteiger partial charge in [-0.3, -0.25) is 4.90 Å². The highest BCUT2D eigenvalue weighted by Gasteiger charge is 2.09. The highest BCUT2D eigenvalue weighted by atomic mass is 35.5. The Morgan fingerprint density at radius 3 is 2.29 bits per heavy atom. The molecule has 0 aliphatic carbocycles. The molecule has 0 spiro atoms. The van der Waals surface area contributed by atoms with Crippen molar-refractivity contribution in [1.29, 1.82) is 0 Å². The van der Waals surface area contributed by atoms with Crippen molar-refractivity contribution < 1.29 is 14.6 Å². The van der Waals surface area contributed by atoms with Crippen molar-refractivity contribution in [1.82, 2.24) is 4.90 Å². The Labute approximate surface area is 105 Å². The minimum Gasteiger partial charge on any atom is -0.395 e. The highest BCUT2D eigenvalue weighted by Crippen LogP contribution is 2.19. The van der Waals surface area contributed by atoms with Crippen molar-refractivity contribution in [3.8, 4) is 0 Å². The van der Waals surface area contributed by atoms with Gasteiger partial charge in [-0.25, -0.2) is 4.39 Å². The second-order valence-electron chi connectivity index (χ2n) is 3.74. The van der Waals surface area contributed by atoms with E-state index in [-0.39, 0.29) is 19.0 Å². The summed E-state index contributed by atoms with van der Waals surface area (Å²) >= 11 is 5.91. The van der Waals surface area contributed by atoms with Crippen LogP contribution in [-0.4, -0.2) is 48.0 Å². The third kappa shape index (κ3) is 4.60. The summed E-state index contributed by atoms with van der Waals surface area (Å²) in [5, 5.41) is 18.1. The monoisotopic (exact) mass is 261 g/mol. The number of hydrogen-bond acceptors (Lipinski definition) is 3. The minimum absolute atomic E-state index is 0.0189. The molecule has 0 saturated heterocycles. The summed E-state index contributed by atoms with van der Waals surface area (Å²) in [5.74, 6) is -0.314. The molecule has 0 radical (unpaired) electrons. The van der Waals surface area contributed by atoms with Crippen molar-refractivity contribution in [3.63, 3.8) is 0 Å². The molecule has 0 atom stereocenters. The number of rotatable bonds is 7. The van der Waals surface area contributed by atoms with Crippen LogP contribution in [0.4, 0.5) is 4.39 Å². The molecule has 1 aromatic rings. The molecule has 1 aromatic carbocycles. The van der Waals surface area contributed by atoms with Crippen LogP contribution >= 0.6 is 11.6 Å². The average molecular weight is 262 g/mol. The lowest BCUT2D eigenvalue weighted by molar-refractivity contribution is 0.162. The predicted molar refractivity (Wildman–Crippen MR) is 65.7 cm³/mol. The maximum Gasteiger partial charge on any atom is 0.127 e. The van der Waals surface area contributed by atoms with Gasteiger partial charge in [0.1, 0.15) is 5.82 Å². The quantitative estimate of drug-likeness (QED) is 0.778. The third-order valence-electron chi connectivity index (χ3n) is 2.57. The summed E-state index contributed by atoms with van der Waals surface area (Å²) in [4.78, 5) is 1.86. The van der Waals surface area contributed by atoms with E-state index in [1.807, 2.05) is 4.90 Å². The Bertz CT molecular complexity index is 323. The molecule has 17 heavy (non-hydrogen) atoms. The Hall–Kier alpha value is -0.680. The molecule has 0 fully saturated rings. The summed E-state index contributed by atoms with van der Waals surface area (Å²) in [6.07, 6.45) is 0.464. The molecular weight excluding hydrogens is 245 g/mol. The maximum atomic E-state index is 13.5. The molecule has 5 heteroatoms. The first-order valence-electron chi connectivity index (χ1n) is 5.56. The lowest BCUT2D eigenvalue weighted by Gasteiger charge is -2.20. The van der Waals surface area contributed by atoms with Crippen molar-refractivity contribution in [3.05, 3.63) is 34.6 Å². The van der Waals surface area contributed by atoms with Crippen molar-refractivity contribution in [2.45, 2.75) is 6.42 Å². The van der Waals surface area contributed by atoms with Crippen molar-refractivity contribution in [2.24, 2.45) is 0 Å². The fourth-order valence-corrected chi connectivity index (χ4v) is 1.92. The fourth-order valence-electron chi connectivity index (χ4n) is 1.66. The smallest absolute Gasteiger partial charge is 0.127 e. The van der Waals surface area contributed by atoms with E-state index >= 15 is 0 Å². The van der Waals surface area contributed by atoms with Crippen LogP contribution in [0.25, 0.3) is 0 Å². The molecule has 0 aromatic heterocycles. The Morgan fingerprint density at radius 2 is 1.76 bits per heavy atom. The topological polar surface area (TPSA) is 43.7 Å². The first-order valence-corrected chi connectivity index (χ1v) is 5.93. The van der Waals surface area contributed by atoms with Gasteiger partial charge < -0.3 is 10.2 Å². The van der Waals surface area contributed by atoms with Gasteiger partial charge in [0.25, 0.3) is 0 Å². The summed E-state index contributed by atoms with van der Waals surface area (Å²) < 4.78 is 13.5. The Morgan fingerprint density at radius 1 is 1.12 bits per heavy atom. The minimum atomic E-state index is -0.314. The number of halogens is 2. The molecule has 96 valence electrons. The zero-order chi connectivity index (χ0) is 12.7. The van der Waals surface area contributed by atoms with Crippen LogP contribution < -0.4 is 0 Å². The van der Waals surface area contributed by atoms with Gasteiger partial charge in [0.05, 0.1) is 13.2 Å². The highest BCUT2D eigenvalue weighted by molar-refractivity contribution is 6.31. The number of aliphatic hydroxyl groups is 2. The van der Waals surface area contributed by atoms with Crippen LogP contribution in [0.15, 0.2) is 18.2 Å². The zero-order valence-electron chi connectivity index (χ0n) is 9.57. The molecule has 2 N–H and O–H groups in total. The molecule has 1 rings (SSSR count). The number of benzene rings is 1. The second-order valence-corrected chi connectivity index (χ2v) is 4.15. The standard InChI is InChI=1S/C12H17ClFNO2/c13-11-2-1-3-12(14)10(11)4-5-15(6-8-16)7-9-17/h1-3,16-17H,4-9H2. The van der Waals surface area contributed by atoms with Gasteiger partial charge in [-0.15, -0.1) is 0 Å². The molecule has 0 bridgehead atoms. The van der Waals surface area contributed by atoms with E-state index in [4.69, 9.17) is 21.8 Å². The molecule has 0 amide bonds. The van der Waals surface area contributed by atoms with E-state index in [1.54, 1.807) is 12.1 Å². The first kappa shape index (κ1) is 14.4. The largest absolute Gasteiger partial charge is 0.395 e.